The summed E-state index contributed by atoms with van der Waals surface area (Å²) >= 11 is 0. The number of nitrogens with two attached hydrogens (primary N) is 1. The van der Waals surface area contributed by atoms with Crippen molar-refractivity contribution >= 4 is 11.8 Å². The summed E-state index contributed by atoms with van der Waals surface area (Å²) in [6.45, 7) is 7.98. The van der Waals surface area contributed by atoms with Gasteiger partial charge >= 0.3 is 0 Å². The monoisotopic (exact) mass is 296 g/mol. The highest BCUT2D eigenvalue weighted by molar-refractivity contribution is 5.81. The molecule has 0 aromatic carbocycles. The molecule has 2 aliphatic heterocycles. The predicted octanol–water partition coefficient (Wildman–Crippen LogP) is -0.0554. The number of nitrogens with zero attached hydrogens (tertiary/aromatic N) is 1. The molecule has 120 valence electrons. The largest absolute Gasteiger partial charge is 0.369 e. The predicted molar refractivity (Wildman–Crippen MR) is 81.7 cm³/mol. The van der Waals surface area contributed by atoms with E-state index in [0.29, 0.717) is 18.6 Å². The molecule has 21 heavy (non-hydrogen) atoms. The Kier molecular flexibility index (Phi) is 5.25. The van der Waals surface area contributed by atoms with Crippen molar-refractivity contribution in [3.8, 4) is 0 Å². The molecule has 2 fully saturated rings. The summed E-state index contributed by atoms with van der Waals surface area (Å²) in [5.41, 5.74) is 5.44. The maximum absolute atomic E-state index is 12.9. The van der Waals surface area contributed by atoms with Crippen molar-refractivity contribution < 1.29 is 14.5 Å². The first-order valence-electron chi connectivity index (χ1n) is 8.38. The molecule has 2 heterocycles. The highest BCUT2D eigenvalue weighted by atomic mass is 16.2. The van der Waals surface area contributed by atoms with Crippen molar-refractivity contribution in [3.63, 3.8) is 0 Å². The topological polar surface area (TPSA) is 67.8 Å². The number of likely N-dealkylation sites (tertiary alicyclic amines) is 2. The standard InChI is InChI=1S/C16H29N3O2/c1-11-6-4-7-12(2)19(11)16(21)13(3)18-9-5-8-14(10-18)15(17)20/h11-14H,4-10H2,1-3H3,(H2,17,20)/p+1/t11-,12+,13-,14+/m1/s1. The molecule has 2 amide bonds. The summed E-state index contributed by atoms with van der Waals surface area (Å²) < 4.78 is 0. The SMILES string of the molecule is C[C@@H]1CCC[C@H](C)N1C(=O)[C@@H](C)[NH+]1CCC[C@H](C(N)=O)C1. The summed E-state index contributed by atoms with van der Waals surface area (Å²) in [4.78, 5) is 27.6. The normalized spacial score (nSPS) is 35.3. The second-order valence-electron chi connectivity index (χ2n) is 6.95. The molecule has 5 nitrogen and oxygen atoms in total. The number of rotatable bonds is 3. The summed E-state index contributed by atoms with van der Waals surface area (Å²) in [6.07, 6.45) is 5.26. The molecule has 0 saturated carbocycles. The Morgan fingerprint density at radius 3 is 2.33 bits per heavy atom. The summed E-state index contributed by atoms with van der Waals surface area (Å²) in [5.74, 6) is -0.0402. The zero-order valence-corrected chi connectivity index (χ0v) is 13.6. The molecule has 5 atom stereocenters. The van der Waals surface area contributed by atoms with Crippen molar-refractivity contribution in [2.45, 2.75) is 71.0 Å². The van der Waals surface area contributed by atoms with E-state index in [4.69, 9.17) is 5.73 Å². The van der Waals surface area contributed by atoms with E-state index in [1.165, 1.54) is 11.3 Å². The second kappa shape index (κ2) is 6.77. The number of amides is 2. The fourth-order valence-electron chi connectivity index (χ4n) is 3.99. The minimum atomic E-state index is -0.216. The highest BCUT2D eigenvalue weighted by Crippen LogP contribution is 2.23. The van der Waals surface area contributed by atoms with E-state index < -0.39 is 0 Å². The second-order valence-corrected chi connectivity index (χ2v) is 6.95. The number of quaternary nitrogens is 1. The first-order valence-corrected chi connectivity index (χ1v) is 8.38. The Bertz CT molecular complexity index is 389. The van der Waals surface area contributed by atoms with E-state index in [2.05, 4.69) is 18.7 Å². The van der Waals surface area contributed by atoms with Crippen LogP contribution in [0.4, 0.5) is 0 Å². The molecule has 1 unspecified atom stereocenters. The van der Waals surface area contributed by atoms with Crippen LogP contribution in [0.25, 0.3) is 0 Å². The Morgan fingerprint density at radius 1 is 1.14 bits per heavy atom. The molecule has 3 N–H and O–H groups in total. The van der Waals surface area contributed by atoms with Crippen molar-refractivity contribution in [2.24, 2.45) is 11.7 Å². The van der Waals surface area contributed by atoms with Gasteiger partial charge in [-0.15, -0.1) is 0 Å². The minimum absolute atomic E-state index is 0.0693. The van der Waals surface area contributed by atoms with E-state index in [1.807, 2.05) is 6.92 Å². The van der Waals surface area contributed by atoms with Crippen LogP contribution in [0, 0.1) is 5.92 Å². The van der Waals surface area contributed by atoms with Crippen LogP contribution in [0.5, 0.6) is 0 Å². The average molecular weight is 296 g/mol. The third-order valence-electron chi connectivity index (χ3n) is 5.39. The van der Waals surface area contributed by atoms with Crippen molar-refractivity contribution in [2.75, 3.05) is 13.1 Å². The fraction of sp³-hybridized carbons (Fsp3) is 0.875. The molecule has 0 aromatic heterocycles. The van der Waals surface area contributed by atoms with Crippen molar-refractivity contribution in [1.82, 2.24) is 4.90 Å². The lowest BCUT2D eigenvalue weighted by Gasteiger charge is -2.42. The van der Waals surface area contributed by atoms with Crippen LogP contribution in [0.3, 0.4) is 0 Å². The lowest BCUT2D eigenvalue weighted by atomic mass is 9.94. The van der Waals surface area contributed by atoms with Gasteiger partial charge < -0.3 is 15.5 Å². The first kappa shape index (κ1) is 16.3. The van der Waals surface area contributed by atoms with E-state index in [1.54, 1.807) is 0 Å². The number of carbonyl (C=O) groups excluding carboxylic acids is 2. The lowest BCUT2D eigenvalue weighted by molar-refractivity contribution is -0.921. The van der Waals surface area contributed by atoms with Gasteiger partial charge in [0.15, 0.2) is 6.04 Å². The molecule has 0 radical (unpaired) electrons. The number of nitrogens with one attached hydrogen (secondary N) is 1. The van der Waals surface area contributed by atoms with Gasteiger partial charge in [0, 0.05) is 12.1 Å². The van der Waals surface area contributed by atoms with Gasteiger partial charge in [-0.25, -0.2) is 0 Å². The molecule has 5 heteroatoms. The number of hydrogen-bond acceptors (Lipinski definition) is 2. The van der Waals surface area contributed by atoms with Crippen molar-refractivity contribution in [1.29, 1.82) is 0 Å². The molecular formula is C16H30N3O2+. The number of carbonyl (C=O) groups is 2. The van der Waals surface area contributed by atoms with E-state index >= 15 is 0 Å². The molecule has 2 aliphatic rings. The number of piperidine rings is 2. The van der Waals surface area contributed by atoms with Gasteiger partial charge in [0.05, 0.1) is 19.0 Å². The van der Waals surface area contributed by atoms with Crippen molar-refractivity contribution in [3.05, 3.63) is 0 Å². The van der Waals surface area contributed by atoms with Crippen LogP contribution in [-0.2, 0) is 9.59 Å². The van der Waals surface area contributed by atoms with Gasteiger partial charge in [-0.05, 0) is 52.9 Å². The zero-order chi connectivity index (χ0) is 15.6. The molecule has 2 saturated heterocycles. The van der Waals surface area contributed by atoms with Crippen LogP contribution in [0.15, 0.2) is 0 Å². The van der Waals surface area contributed by atoms with E-state index in [9.17, 15) is 9.59 Å². The molecule has 0 spiro atoms. The summed E-state index contributed by atoms with van der Waals surface area (Å²) in [5, 5.41) is 0. The smallest absolute Gasteiger partial charge is 0.281 e. The van der Waals surface area contributed by atoms with Gasteiger partial charge in [-0.2, -0.15) is 0 Å². The van der Waals surface area contributed by atoms with Crippen LogP contribution < -0.4 is 10.6 Å². The van der Waals surface area contributed by atoms with Crippen LogP contribution >= 0.6 is 0 Å². The molecule has 2 rings (SSSR count). The quantitative estimate of drug-likeness (QED) is 0.766. The Labute approximate surface area is 127 Å². The zero-order valence-electron chi connectivity index (χ0n) is 13.6. The lowest BCUT2D eigenvalue weighted by Crippen LogP contribution is -3.18. The third kappa shape index (κ3) is 3.57. The maximum Gasteiger partial charge on any atom is 0.281 e. The van der Waals surface area contributed by atoms with E-state index in [0.717, 1.165) is 32.2 Å². The Balaban J connectivity index is 2.02. The maximum atomic E-state index is 12.9. The molecule has 0 aromatic rings. The fourth-order valence-corrected chi connectivity index (χ4v) is 3.99. The molecule has 0 bridgehead atoms. The van der Waals surface area contributed by atoms with Crippen LogP contribution in [-0.4, -0.2) is 47.9 Å². The van der Waals surface area contributed by atoms with Gasteiger partial charge in [0.1, 0.15) is 0 Å². The highest BCUT2D eigenvalue weighted by Gasteiger charge is 2.38. The number of primary amides is 1. The number of hydrogen-bond donors (Lipinski definition) is 2. The first-order chi connectivity index (χ1) is 9.91. The average Bonchev–Trinajstić information content (AvgIpc) is 2.46. The van der Waals surface area contributed by atoms with Crippen LogP contribution in [0.2, 0.25) is 0 Å². The van der Waals surface area contributed by atoms with Crippen LogP contribution in [0.1, 0.15) is 52.9 Å². The minimum Gasteiger partial charge on any atom is -0.369 e. The van der Waals surface area contributed by atoms with Gasteiger partial charge in [-0.3, -0.25) is 9.59 Å². The van der Waals surface area contributed by atoms with E-state index in [-0.39, 0.29) is 23.8 Å². The molecular weight excluding hydrogens is 266 g/mol. The van der Waals surface area contributed by atoms with Gasteiger partial charge in [-0.1, -0.05) is 0 Å². The molecule has 0 aliphatic carbocycles. The van der Waals surface area contributed by atoms with Gasteiger partial charge in [0.25, 0.3) is 5.91 Å². The third-order valence-corrected chi connectivity index (χ3v) is 5.39. The van der Waals surface area contributed by atoms with Gasteiger partial charge in [0.2, 0.25) is 5.91 Å². The summed E-state index contributed by atoms with van der Waals surface area (Å²) in [7, 11) is 0. The summed E-state index contributed by atoms with van der Waals surface area (Å²) in [6, 6.07) is 0.592. The Hall–Kier alpha value is -1.10. The Morgan fingerprint density at radius 2 is 1.76 bits per heavy atom.